The number of azo groups is 1. The van der Waals surface area contributed by atoms with E-state index in [1.54, 1.807) is 0 Å². The van der Waals surface area contributed by atoms with Crippen molar-refractivity contribution in [2.45, 2.75) is 20.0 Å². The minimum atomic E-state index is -0.157. The number of rotatable bonds is 2. The van der Waals surface area contributed by atoms with E-state index in [0.717, 1.165) is 11.4 Å². The number of hydrogen-bond donors (Lipinski definition) is 1. The quantitative estimate of drug-likeness (QED) is 0.784. The summed E-state index contributed by atoms with van der Waals surface area (Å²) in [5, 5.41) is 11.2. The molecule has 0 aromatic carbocycles. The van der Waals surface area contributed by atoms with Crippen molar-refractivity contribution >= 4 is 17.4 Å². The lowest BCUT2D eigenvalue weighted by Crippen LogP contribution is -2.13. The Bertz CT molecular complexity index is 420. The third-order valence-corrected chi connectivity index (χ3v) is 2.03. The van der Waals surface area contributed by atoms with Crippen LogP contribution in [0, 0.1) is 6.92 Å². The first kappa shape index (κ1) is 10.0. The van der Waals surface area contributed by atoms with E-state index in [1.165, 1.54) is 0 Å². The summed E-state index contributed by atoms with van der Waals surface area (Å²) in [6.45, 7) is 3.75. The third-order valence-electron chi connectivity index (χ3n) is 1.86. The van der Waals surface area contributed by atoms with Gasteiger partial charge in [-0.05, 0) is 31.5 Å². The molecule has 0 bridgehead atoms. The minimum Gasteiger partial charge on any atom is -0.344 e. The summed E-state index contributed by atoms with van der Waals surface area (Å²) >= 11 is 5.73. The van der Waals surface area contributed by atoms with E-state index < -0.39 is 0 Å². The molecule has 1 N–H and O–H groups in total. The van der Waals surface area contributed by atoms with Crippen LogP contribution >= 0.6 is 11.6 Å². The van der Waals surface area contributed by atoms with Crippen LogP contribution < -0.4 is 5.32 Å². The molecule has 1 aromatic heterocycles. The second-order valence-corrected chi connectivity index (χ2v) is 3.61. The molecule has 78 valence electrons. The fourth-order valence-electron chi connectivity index (χ4n) is 1.28. The molecule has 0 saturated heterocycles. The Hall–Kier alpha value is -1.49. The van der Waals surface area contributed by atoms with Crippen molar-refractivity contribution in [1.82, 2.24) is 9.97 Å². The molecule has 0 saturated carbocycles. The van der Waals surface area contributed by atoms with E-state index in [9.17, 15) is 0 Å². The summed E-state index contributed by atoms with van der Waals surface area (Å²) in [6.07, 6.45) is 1.75. The van der Waals surface area contributed by atoms with Crippen molar-refractivity contribution in [3.8, 4) is 0 Å². The van der Waals surface area contributed by atoms with Gasteiger partial charge in [0.05, 0.1) is 5.70 Å². The van der Waals surface area contributed by atoms with Crippen LogP contribution in [-0.4, -0.2) is 16.1 Å². The number of anilines is 1. The summed E-state index contributed by atoms with van der Waals surface area (Å²) in [5.74, 6) is 0.655. The predicted octanol–water partition coefficient (Wildman–Crippen LogP) is 2.55. The molecular formula is C9H10ClN5. The van der Waals surface area contributed by atoms with E-state index in [0.29, 0.717) is 5.82 Å². The first-order chi connectivity index (χ1) is 7.13. The molecule has 0 spiro atoms. The van der Waals surface area contributed by atoms with Gasteiger partial charge in [0, 0.05) is 11.8 Å². The van der Waals surface area contributed by atoms with Crippen LogP contribution in [0.5, 0.6) is 0 Å². The maximum absolute atomic E-state index is 5.73. The van der Waals surface area contributed by atoms with E-state index in [2.05, 4.69) is 25.5 Å². The molecule has 1 aliphatic rings. The lowest BCUT2D eigenvalue weighted by atomic mass is 10.4. The topological polar surface area (TPSA) is 62.5 Å². The predicted molar refractivity (Wildman–Crippen MR) is 57.8 cm³/mol. The number of halogens is 1. The van der Waals surface area contributed by atoms with Crippen molar-refractivity contribution in [3.05, 3.63) is 28.8 Å². The van der Waals surface area contributed by atoms with E-state index in [4.69, 9.17) is 11.6 Å². The number of allylic oxidation sites excluding steroid dienone is 1. The summed E-state index contributed by atoms with van der Waals surface area (Å²) in [7, 11) is 0. The van der Waals surface area contributed by atoms with Crippen molar-refractivity contribution in [2.75, 3.05) is 5.32 Å². The highest BCUT2D eigenvalue weighted by atomic mass is 35.5. The molecule has 0 radical (unpaired) electrons. The maximum Gasteiger partial charge on any atom is 0.224 e. The van der Waals surface area contributed by atoms with Crippen LogP contribution in [0.1, 0.15) is 12.6 Å². The summed E-state index contributed by atoms with van der Waals surface area (Å²) < 4.78 is 0. The second-order valence-electron chi connectivity index (χ2n) is 3.28. The lowest BCUT2D eigenvalue weighted by molar-refractivity contribution is 0.893. The molecule has 2 rings (SSSR count). The third kappa shape index (κ3) is 2.50. The molecule has 1 atom stereocenters. The van der Waals surface area contributed by atoms with Crippen molar-refractivity contribution in [2.24, 2.45) is 10.2 Å². The van der Waals surface area contributed by atoms with Crippen LogP contribution in [-0.2, 0) is 0 Å². The Morgan fingerprint density at radius 1 is 1.33 bits per heavy atom. The first-order valence-electron chi connectivity index (χ1n) is 4.50. The Morgan fingerprint density at radius 3 is 2.73 bits per heavy atom. The van der Waals surface area contributed by atoms with Gasteiger partial charge in [0.2, 0.25) is 5.28 Å². The lowest BCUT2D eigenvalue weighted by Gasteiger charge is -2.07. The smallest absolute Gasteiger partial charge is 0.224 e. The number of aryl methyl sites for hydroxylation is 1. The standard InChI is InChI=1S/C9H10ClN5/c1-5-3-7(13-9(10)11-5)12-8-4-6(2)14-15-8/h3-4,8H,1-2H3,(H,11,12,13). The highest BCUT2D eigenvalue weighted by Crippen LogP contribution is 2.16. The van der Waals surface area contributed by atoms with Crippen LogP contribution in [0.3, 0.4) is 0 Å². The van der Waals surface area contributed by atoms with Gasteiger partial charge in [-0.2, -0.15) is 10.2 Å². The molecule has 1 aromatic rings. The fraction of sp³-hybridized carbons (Fsp3) is 0.333. The van der Waals surface area contributed by atoms with E-state index in [1.807, 2.05) is 26.0 Å². The molecule has 6 heteroatoms. The molecule has 1 aliphatic heterocycles. The van der Waals surface area contributed by atoms with Crippen LogP contribution in [0.15, 0.2) is 28.1 Å². The van der Waals surface area contributed by atoms with Gasteiger partial charge in [-0.3, -0.25) is 0 Å². The number of nitrogens with one attached hydrogen (secondary N) is 1. The van der Waals surface area contributed by atoms with Crippen molar-refractivity contribution in [3.63, 3.8) is 0 Å². The van der Waals surface area contributed by atoms with Gasteiger partial charge in [0.15, 0.2) is 6.17 Å². The van der Waals surface area contributed by atoms with Gasteiger partial charge in [0.25, 0.3) is 0 Å². The maximum atomic E-state index is 5.73. The van der Waals surface area contributed by atoms with Gasteiger partial charge in [-0.25, -0.2) is 9.97 Å². The van der Waals surface area contributed by atoms with Crippen molar-refractivity contribution in [1.29, 1.82) is 0 Å². The zero-order valence-electron chi connectivity index (χ0n) is 8.40. The minimum absolute atomic E-state index is 0.157. The van der Waals surface area contributed by atoms with Crippen LogP contribution in [0.4, 0.5) is 5.82 Å². The molecule has 0 amide bonds. The summed E-state index contributed by atoms with van der Waals surface area (Å²) in [6, 6.07) is 1.81. The Labute approximate surface area is 92.3 Å². The van der Waals surface area contributed by atoms with Gasteiger partial charge < -0.3 is 5.32 Å². The van der Waals surface area contributed by atoms with Gasteiger partial charge >= 0.3 is 0 Å². The zero-order valence-corrected chi connectivity index (χ0v) is 9.15. The van der Waals surface area contributed by atoms with Crippen molar-refractivity contribution < 1.29 is 0 Å². The normalized spacial score (nSPS) is 19.1. The summed E-state index contributed by atoms with van der Waals surface area (Å²) in [5.41, 5.74) is 1.71. The number of hydrogen-bond acceptors (Lipinski definition) is 5. The SMILES string of the molecule is CC1=CC(Nc2cc(C)nc(Cl)n2)N=N1. The summed E-state index contributed by atoms with van der Waals surface area (Å²) in [4.78, 5) is 8.00. The first-order valence-corrected chi connectivity index (χ1v) is 4.88. The molecule has 1 unspecified atom stereocenters. The van der Waals surface area contributed by atoms with Gasteiger partial charge in [0.1, 0.15) is 5.82 Å². The average Bonchev–Trinajstić information content (AvgIpc) is 2.49. The van der Waals surface area contributed by atoms with E-state index >= 15 is 0 Å². The Morgan fingerprint density at radius 2 is 2.13 bits per heavy atom. The number of aromatic nitrogens is 2. The van der Waals surface area contributed by atoms with Crippen LogP contribution in [0.25, 0.3) is 0 Å². The van der Waals surface area contributed by atoms with Crippen LogP contribution in [0.2, 0.25) is 5.28 Å². The molecule has 0 fully saturated rings. The zero-order chi connectivity index (χ0) is 10.8. The molecule has 2 heterocycles. The average molecular weight is 224 g/mol. The second kappa shape index (κ2) is 3.94. The number of nitrogens with zero attached hydrogens (tertiary/aromatic N) is 4. The Balaban J connectivity index is 2.15. The Kier molecular flexibility index (Phi) is 2.64. The fourth-order valence-corrected chi connectivity index (χ4v) is 1.50. The molecular weight excluding hydrogens is 214 g/mol. The van der Waals surface area contributed by atoms with E-state index in [-0.39, 0.29) is 11.4 Å². The molecule has 0 aliphatic carbocycles. The van der Waals surface area contributed by atoms with Gasteiger partial charge in [-0.1, -0.05) is 0 Å². The monoisotopic (exact) mass is 223 g/mol. The highest BCUT2D eigenvalue weighted by Gasteiger charge is 2.10. The molecule has 15 heavy (non-hydrogen) atoms. The largest absolute Gasteiger partial charge is 0.344 e. The molecule has 5 nitrogen and oxygen atoms in total. The highest BCUT2D eigenvalue weighted by molar-refractivity contribution is 6.28. The van der Waals surface area contributed by atoms with Gasteiger partial charge in [-0.15, -0.1) is 0 Å².